The van der Waals surface area contributed by atoms with Crippen LogP contribution in [0.25, 0.3) is 22.5 Å². The Balaban J connectivity index is 2.23. The summed E-state index contributed by atoms with van der Waals surface area (Å²) in [5.41, 5.74) is 1.69. The molecule has 0 fully saturated rings. The largest absolute Gasteiger partial charge is 0.382 e. The lowest BCUT2D eigenvalue weighted by molar-refractivity contribution is 0.107. The van der Waals surface area contributed by atoms with E-state index in [0.717, 1.165) is 0 Å². The molecule has 0 radical (unpaired) electrons. The van der Waals surface area contributed by atoms with Crippen molar-refractivity contribution >= 4 is 33.0 Å². The van der Waals surface area contributed by atoms with E-state index in [-0.39, 0.29) is 5.69 Å². The van der Waals surface area contributed by atoms with E-state index < -0.39 is 25.1 Å². The first-order valence-electron chi connectivity index (χ1n) is 7.36. The molecule has 0 aliphatic rings. The van der Waals surface area contributed by atoms with Gasteiger partial charge in [-0.15, -0.1) is 0 Å². The van der Waals surface area contributed by atoms with Crippen LogP contribution < -0.4 is 0 Å². The minimum absolute atomic E-state index is 0.229. The molecule has 0 saturated heterocycles. The van der Waals surface area contributed by atoms with Gasteiger partial charge in [0.2, 0.25) is 5.16 Å². The zero-order valence-electron chi connectivity index (χ0n) is 13.0. The normalized spacial score (nSPS) is 12.5. The molecule has 1 heterocycles. The number of sulfone groups is 1. The van der Waals surface area contributed by atoms with Crippen molar-refractivity contribution in [1.82, 2.24) is 9.97 Å². The maximum Gasteiger partial charge on any atom is 0.382 e. The Morgan fingerprint density at radius 2 is 1.42 bits per heavy atom. The second-order valence-corrected chi connectivity index (χ2v) is 8.40. The Hall–Kier alpha value is -1.96. The summed E-state index contributed by atoms with van der Waals surface area (Å²) in [6, 6.07) is 17.3. The molecular weight excluding hydrogens is 405 g/mol. The smallest absolute Gasteiger partial charge is 0.328 e. The average Bonchev–Trinajstić information content (AvgIpc) is 3.09. The third-order valence-corrected chi connectivity index (χ3v) is 6.12. The first kappa shape index (κ1) is 18.8. The summed E-state index contributed by atoms with van der Waals surface area (Å²) in [5.74, 6) is 0. The molecule has 4 nitrogen and oxygen atoms in total. The van der Waals surface area contributed by atoms with E-state index in [4.69, 9.17) is 23.2 Å². The van der Waals surface area contributed by atoms with E-state index in [9.17, 15) is 17.2 Å². The predicted molar refractivity (Wildman–Crippen MR) is 97.1 cm³/mol. The number of aromatic nitrogens is 2. The van der Waals surface area contributed by atoms with Crippen LogP contribution in [0.5, 0.6) is 0 Å². The Kier molecular flexibility index (Phi) is 5.05. The third-order valence-electron chi connectivity index (χ3n) is 3.66. The van der Waals surface area contributed by atoms with Gasteiger partial charge < -0.3 is 4.98 Å². The number of nitrogens with zero attached hydrogens (tertiary/aromatic N) is 1. The molecule has 0 aliphatic heterocycles. The number of hydrogen-bond acceptors (Lipinski definition) is 3. The molecule has 2 aromatic carbocycles. The van der Waals surface area contributed by atoms with Crippen LogP contribution in [-0.2, 0) is 9.84 Å². The molecule has 0 saturated carbocycles. The molecule has 0 bridgehead atoms. The minimum Gasteiger partial charge on any atom is -0.328 e. The lowest BCUT2D eigenvalue weighted by atomic mass is 10.1. The van der Waals surface area contributed by atoms with Crippen molar-refractivity contribution in [2.75, 3.05) is 0 Å². The number of nitrogens with one attached hydrogen (secondary N) is 1. The van der Waals surface area contributed by atoms with Gasteiger partial charge in [0.25, 0.3) is 9.84 Å². The zero-order valence-corrected chi connectivity index (χ0v) is 15.4. The molecule has 3 rings (SSSR count). The first-order chi connectivity index (χ1) is 12.2. The van der Waals surface area contributed by atoms with E-state index in [0.29, 0.717) is 16.8 Å². The maximum absolute atomic E-state index is 14.0. The number of hydrogen-bond donors (Lipinski definition) is 1. The fourth-order valence-electron chi connectivity index (χ4n) is 2.34. The van der Waals surface area contributed by atoms with Gasteiger partial charge in [-0.25, -0.2) is 13.4 Å². The van der Waals surface area contributed by atoms with Crippen LogP contribution in [-0.4, -0.2) is 28.5 Å². The van der Waals surface area contributed by atoms with Crippen LogP contribution in [0.15, 0.2) is 65.8 Å². The molecule has 1 aromatic heterocycles. The van der Waals surface area contributed by atoms with Gasteiger partial charge in [0, 0.05) is 11.1 Å². The number of imidazole rings is 1. The van der Waals surface area contributed by atoms with Crippen LogP contribution >= 0.6 is 23.2 Å². The molecule has 0 spiro atoms. The molecule has 1 N–H and O–H groups in total. The third kappa shape index (κ3) is 3.22. The summed E-state index contributed by atoms with van der Waals surface area (Å²) in [4.78, 5) is 4.01. The highest BCUT2D eigenvalue weighted by molar-refractivity contribution is 7.92. The maximum atomic E-state index is 14.0. The van der Waals surface area contributed by atoms with Crippen LogP contribution in [0.3, 0.4) is 0 Å². The molecule has 0 amide bonds. The van der Waals surface area contributed by atoms with E-state index in [1.54, 1.807) is 60.7 Å². The van der Waals surface area contributed by atoms with Gasteiger partial charge in [0.15, 0.2) is 4.84 Å². The number of H-pyrrole nitrogens is 1. The summed E-state index contributed by atoms with van der Waals surface area (Å²) < 4.78 is 52.7. The molecule has 0 unspecified atom stereocenters. The molecule has 9 heteroatoms. The number of rotatable bonds is 5. The van der Waals surface area contributed by atoms with Gasteiger partial charge in [0.1, 0.15) is 0 Å². The van der Waals surface area contributed by atoms with Crippen molar-refractivity contribution in [2.45, 2.75) is 15.2 Å². The number of alkyl halides is 4. The molecule has 0 aliphatic carbocycles. The standard InChI is InChI=1S/C17H12Cl2F2N2O2S/c18-15(19)17(20,21)26(24,25)16-22-13(11-7-3-1-4-8-11)14(23-16)12-9-5-2-6-10-12/h1-10,15H,(H,22,23). The van der Waals surface area contributed by atoms with Gasteiger partial charge in [-0.2, -0.15) is 8.78 Å². The van der Waals surface area contributed by atoms with E-state index >= 15 is 0 Å². The fourth-order valence-corrected chi connectivity index (χ4v) is 3.99. The first-order valence-corrected chi connectivity index (χ1v) is 9.72. The fraction of sp³-hybridized carbons (Fsp3) is 0.118. The highest BCUT2D eigenvalue weighted by Gasteiger charge is 2.53. The summed E-state index contributed by atoms with van der Waals surface area (Å²) in [7, 11) is -5.22. The Labute approximate surface area is 158 Å². The summed E-state index contributed by atoms with van der Waals surface area (Å²) >= 11 is 10.4. The Morgan fingerprint density at radius 3 is 1.92 bits per heavy atom. The van der Waals surface area contributed by atoms with Crippen LogP contribution in [0.4, 0.5) is 8.78 Å². The topological polar surface area (TPSA) is 62.8 Å². The van der Waals surface area contributed by atoms with Crippen molar-refractivity contribution in [3.63, 3.8) is 0 Å². The van der Waals surface area contributed by atoms with Crippen LogP contribution in [0.1, 0.15) is 0 Å². The highest BCUT2D eigenvalue weighted by atomic mass is 35.5. The number of aromatic amines is 1. The summed E-state index contributed by atoms with van der Waals surface area (Å²) in [6.45, 7) is 0. The van der Waals surface area contributed by atoms with Gasteiger partial charge >= 0.3 is 5.25 Å². The lowest BCUT2D eigenvalue weighted by Crippen LogP contribution is -2.36. The van der Waals surface area contributed by atoms with Crippen molar-refractivity contribution in [3.8, 4) is 22.5 Å². The van der Waals surface area contributed by atoms with Gasteiger partial charge in [-0.1, -0.05) is 83.9 Å². The number of halogens is 4. The average molecular weight is 417 g/mol. The van der Waals surface area contributed by atoms with Crippen molar-refractivity contribution in [3.05, 3.63) is 60.7 Å². The van der Waals surface area contributed by atoms with E-state index in [1.165, 1.54) is 0 Å². The second kappa shape index (κ2) is 6.98. The molecule has 3 aromatic rings. The number of benzene rings is 2. The van der Waals surface area contributed by atoms with Gasteiger partial charge in [-0.05, 0) is 0 Å². The lowest BCUT2D eigenvalue weighted by Gasteiger charge is -2.15. The highest BCUT2D eigenvalue weighted by Crippen LogP contribution is 2.38. The van der Waals surface area contributed by atoms with E-state index in [2.05, 4.69) is 9.97 Å². The second-order valence-electron chi connectivity index (χ2n) is 5.36. The quantitative estimate of drug-likeness (QED) is 0.600. The molecule has 0 atom stereocenters. The minimum atomic E-state index is -5.22. The zero-order chi connectivity index (χ0) is 18.9. The van der Waals surface area contributed by atoms with Gasteiger partial charge in [-0.3, -0.25) is 0 Å². The molecule has 136 valence electrons. The molecule has 26 heavy (non-hydrogen) atoms. The van der Waals surface area contributed by atoms with Crippen molar-refractivity contribution in [2.24, 2.45) is 0 Å². The van der Waals surface area contributed by atoms with Crippen molar-refractivity contribution < 1.29 is 17.2 Å². The van der Waals surface area contributed by atoms with Gasteiger partial charge in [0.05, 0.1) is 11.4 Å². The Morgan fingerprint density at radius 1 is 0.923 bits per heavy atom. The summed E-state index contributed by atoms with van der Waals surface area (Å²) in [6.07, 6.45) is 0. The molecular formula is C17H12Cl2F2N2O2S. The Bertz CT molecular complexity index is 951. The predicted octanol–water partition coefficient (Wildman–Crippen LogP) is 4.91. The SMILES string of the molecule is O=S(=O)(c1nc(-c2ccccc2)c(-c2ccccc2)[nH]1)C(F)(F)C(Cl)Cl. The monoisotopic (exact) mass is 416 g/mol. The summed E-state index contributed by atoms with van der Waals surface area (Å²) in [5, 5.41) is -5.29. The van der Waals surface area contributed by atoms with E-state index in [1.807, 2.05) is 0 Å². The van der Waals surface area contributed by atoms with Crippen LogP contribution in [0.2, 0.25) is 0 Å². The van der Waals surface area contributed by atoms with Crippen LogP contribution in [0, 0.1) is 0 Å². The van der Waals surface area contributed by atoms with Crippen molar-refractivity contribution in [1.29, 1.82) is 0 Å².